The second kappa shape index (κ2) is 6.02. The van der Waals surface area contributed by atoms with Gasteiger partial charge in [-0.25, -0.2) is 0 Å². The fourth-order valence-corrected chi connectivity index (χ4v) is 3.34. The molecule has 2 N–H and O–H groups in total. The monoisotopic (exact) mass is 293 g/mol. The Balaban J connectivity index is 1.79. The fourth-order valence-electron chi connectivity index (χ4n) is 3.10. The number of aliphatic hydroxyl groups is 1. The smallest absolute Gasteiger partial charge is 0.160 e. The van der Waals surface area contributed by atoms with Crippen LogP contribution in [-0.4, -0.2) is 28.6 Å². The third-order valence-corrected chi connectivity index (χ3v) is 4.53. The molecule has 1 aliphatic heterocycles. The van der Waals surface area contributed by atoms with Crippen LogP contribution in [0.3, 0.4) is 0 Å². The van der Waals surface area contributed by atoms with Crippen LogP contribution in [0.4, 0.5) is 0 Å². The molecule has 1 aromatic rings. The van der Waals surface area contributed by atoms with Crippen molar-refractivity contribution in [3.8, 4) is 0 Å². The van der Waals surface area contributed by atoms with Gasteiger partial charge in [-0.2, -0.15) is 5.10 Å². The molecule has 0 radical (unpaired) electrons. The highest BCUT2D eigenvalue weighted by Gasteiger charge is 2.32. The molecule has 1 unspecified atom stereocenters. The number of halogens is 1. The van der Waals surface area contributed by atoms with Gasteiger partial charge >= 0.3 is 0 Å². The van der Waals surface area contributed by atoms with Crippen LogP contribution in [0.25, 0.3) is 0 Å². The highest BCUT2D eigenvalue weighted by atomic mass is 35.5. The minimum Gasteiger partial charge on any atom is -0.380 e. The lowest BCUT2D eigenvalue weighted by Gasteiger charge is -2.34. The predicted molar refractivity (Wildman–Crippen MR) is 80.6 cm³/mol. The Bertz CT molecular complexity index is 500. The summed E-state index contributed by atoms with van der Waals surface area (Å²) in [6.07, 6.45) is 5.43. The van der Waals surface area contributed by atoms with Crippen molar-refractivity contribution in [2.24, 2.45) is 5.10 Å². The van der Waals surface area contributed by atoms with Crippen LogP contribution in [0.5, 0.6) is 0 Å². The molecule has 1 saturated carbocycles. The third-order valence-electron chi connectivity index (χ3n) is 4.19. The van der Waals surface area contributed by atoms with Crippen molar-refractivity contribution in [3.05, 3.63) is 34.9 Å². The Morgan fingerprint density at radius 2 is 2.00 bits per heavy atom. The minimum atomic E-state index is -0.763. The lowest BCUT2D eigenvalue weighted by Crippen LogP contribution is -2.42. The summed E-state index contributed by atoms with van der Waals surface area (Å²) < 4.78 is 0. The quantitative estimate of drug-likeness (QED) is 0.901. The molecule has 1 aromatic carbocycles. The Labute approximate surface area is 124 Å². The summed E-state index contributed by atoms with van der Waals surface area (Å²) in [6, 6.07) is 7.89. The highest BCUT2D eigenvalue weighted by molar-refractivity contribution is 6.31. The summed E-state index contributed by atoms with van der Waals surface area (Å²) in [5.41, 5.74) is 3.72. The first-order chi connectivity index (χ1) is 9.77. The molecule has 2 aliphatic rings. The van der Waals surface area contributed by atoms with Gasteiger partial charge in [-0.05, 0) is 18.9 Å². The van der Waals surface area contributed by atoms with E-state index in [1.165, 1.54) is 32.1 Å². The van der Waals surface area contributed by atoms with Crippen molar-refractivity contribution in [3.63, 3.8) is 0 Å². The van der Waals surface area contributed by atoms with Crippen LogP contribution in [0, 0.1) is 0 Å². The number of benzene rings is 1. The van der Waals surface area contributed by atoms with E-state index in [2.05, 4.69) is 15.4 Å². The topological polar surface area (TPSA) is 47.9 Å². The zero-order valence-electron chi connectivity index (χ0n) is 11.4. The average Bonchev–Trinajstić information content (AvgIpc) is 2.97. The van der Waals surface area contributed by atoms with Crippen LogP contribution in [0.15, 0.2) is 29.4 Å². The molecule has 3 rings (SSSR count). The van der Waals surface area contributed by atoms with Gasteiger partial charge in [-0.3, -0.25) is 5.43 Å². The number of hydrogen-bond acceptors (Lipinski definition) is 4. The van der Waals surface area contributed by atoms with Crippen molar-refractivity contribution in [2.45, 2.75) is 44.2 Å². The lowest BCUT2D eigenvalue weighted by molar-refractivity contribution is 0.195. The van der Waals surface area contributed by atoms with Crippen molar-refractivity contribution in [1.29, 1.82) is 0 Å². The van der Waals surface area contributed by atoms with E-state index >= 15 is 0 Å². The molecule has 0 spiro atoms. The second-order valence-electron chi connectivity index (χ2n) is 5.47. The zero-order chi connectivity index (χ0) is 13.9. The molecule has 0 amide bonds. The molecule has 108 valence electrons. The molecule has 5 heteroatoms. The van der Waals surface area contributed by atoms with E-state index < -0.39 is 6.10 Å². The van der Waals surface area contributed by atoms with Gasteiger partial charge < -0.3 is 10.0 Å². The summed E-state index contributed by atoms with van der Waals surface area (Å²) in [4.78, 5) is 2.20. The van der Waals surface area contributed by atoms with Gasteiger partial charge in [-0.15, -0.1) is 0 Å². The van der Waals surface area contributed by atoms with Gasteiger partial charge in [0.05, 0.1) is 0 Å². The van der Waals surface area contributed by atoms with Gasteiger partial charge in [-0.1, -0.05) is 49.1 Å². The second-order valence-corrected chi connectivity index (χ2v) is 5.88. The molecule has 1 atom stereocenters. The van der Waals surface area contributed by atoms with Crippen molar-refractivity contribution >= 4 is 17.4 Å². The molecule has 20 heavy (non-hydrogen) atoms. The minimum absolute atomic E-state index is 0.481. The third kappa shape index (κ3) is 2.63. The summed E-state index contributed by atoms with van der Waals surface area (Å²) in [7, 11) is 0. The van der Waals surface area contributed by atoms with Crippen LogP contribution in [-0.2, 0) is 0 Å². The summed E-state index contributed by atoms with van der Waals surface area (Å²) in [6.45, 7) is 0.682. The summed E-state index contributed by atoms with van der Waals surface area (Å²) in [5.74, 6) is 0.699. The van der Waals surface area contributed by atoms with Crippen LogP contribution in [0.2, 0.25) is 5.02 Å². The van der Waals surface area contributed by atoms with Crippen LogP contribution in [0.1, 0.15) is 43.8 Å². The fraction of sp³-hybridized carbons (Fsp3) is 0.533. The number of amidine groups is 1. The molecule has 0 aromatic heterocycles. The van der Waals surface area contributed by atoms with E-state index in [0.29, 0.717) is 23.6 Å². The van der Waals surface area contributed by atoms with E-state index in [-0.39, 0.29) is 0 Å². The number of nitrogens with one attached hydrogen (secondary N) is 1. The number of hydrogen-bond donors (Lipinski definition) is 2. The van der Waals surface area contributed by atoms with Crippen molar-refractivity contribution < 1.29 is 5.11 Å². The van der Waals surface area contributed by atoms with Gasteiger partial charge in [0.1, 0.15) is 12.8 Å². The number of nitrogens with zero attached hydrogens (tertiary/aromatic N) is 2. The maximum atomic E-state index is 10.6. The Morgan fingerprint density at radius 1 is 1.25 bits per heavy atom. The van der Waals surface area contributed by atoms with Gasteiger partial charge in [0.2, 0.25) is 0 Å². The van der Waals surface area contributed by atoms with Gasteiger partial charge in [0.15, 0.2) is 5.84 Å². The van der Waals surface area contributed by atoms with Crippen molar-refractivity contribution in [2.75, 3.05) is 6.67 Å². The number of rotatable bonds is 3. The Morgan fingerprint density at radius 3 is 2.75 bits per heavy atom. The molecule has 1 aliphatic carbocycles. The molecule has 0 saturated heterocycles. The summed E-state index contributed by atoms with van der Waals surface area (Å²) in [5, 5.41) is 15.5. The molecular weight excluding hydrogens is 274 g/mol. The normalized spacial score (nSPS) is 21.5. The van der Waals surface area contributed by atoms with E-state index in [9.17, 15) is 5.11 Å². The molecule has 1 heterocycles. The Hall–Kier alpha value is -1.26. The van der Waals surface area contributed by atoms with Gasteiger partial charge in [0, 0.05) is 16.6 Å². The van der Waals surface area contributed by atoms with Crippen molar-refractivity contribution in [1.82, 2.24) is 10.3 Å². The predicted octanol–water partition coefficient (Wildman–Crippen LogP) is 2.88. The SMILES string of the molecule is OC(C1=NNCN1C1CCCCC1)c1ccccc1Cl. The maximum Gasteiger partial charge on any atom is 0.160 e. The number of hydrazone groups is 1. The summed E-state index contributed by atoms with van der Waals surface area (Å²) >= 11 is 6.18. The van der Waals surface area contributed by atoms with E-state index in [0.717, 1.165) is 5.56 Å². The average molecular weight is 294 g/mol. The molecule has 1 fully saturated rings. The standard InChI is InChI=1S/C15H20ClN3O/c16-13-9-5-4-8-12(13)14(20)15-18-17-10-19(15)11-6-2-1-3-7-11/h4-5,8-9,11,14,17,20H,1-3,6-7,10H2. The first kappa shape index (κ1) is 13.7. The molecular formula is C15H20ClN3O. The highest BCUT2D eigenvalue weighted by Crippen LogP contribution is 2.29. The first-order valence-electron chi connectivity index (χ1n) is 7.27. The molecule has 4 nitrogen and oxygen atoms in total. The Kier molecular flexibility index (Phi) is 4.13. The zero-order valence-corrected chi connectivity index (χ0v) is 12.2. The lowest BCUT2D eigenvalue weighted by atomic mass is 9.93. The first-order valence-corrected chi connectivity index (χ1v) is 7.65. The van der Waals surface area contributed by atoms with E-state index in [4.69, 9.17) is 11.6 Å². The molecule has 0 bridgehead atoms. The van der Waals surface area contributed by atoms with Gasteiger partial charge in [0.25, 0.3) is 0 Å². The van der Waals surface area contributed by atoms with Crippen LogP contribution >= 0.6 is 11.6 Å². The van der Waals surface area contributed by atoms with Crippen LogP contribution < -0.4 is 5.43 Å². The largest absolute Gasteiger partial charge is 0.380 e. The van der Waals surface area contributed by atoms with E-state index in [1.54, 1.807) is 6.07 Å². The number of aliphatic hydroxyl groups excluding tert-OH is 1. The van der Waals surface area contributed by atoms with E-state index in [1.807, 2.05) is 18.2 Å². The maximum absolute atomic E-state index is 10.6.